The minimum absolute atomic E-state index is 0.0517. The summed E-state index contributed by atoms with van der Waals surface area (Å²) in [6.45, 7) is 1.64. The maximum atomic E-state index is 13.1. The molecular weight excluding hydrogens is 425 g/mol. The van der Waals surface area contributed by atoms with Crippen molar-refractivity contribution in [2.45, 2.75) is 62.8 Å². The smallest absolute Gasteiger partial charge is 0.404 e. The normalized spacial score (nSPS) is 27.7. The maximum Gasteiger partial charge on any atom is 0.404 e. The third-order valence-corrected chi connectivity index (χ3v) is 7.92. The van der Waals surface area contributed by atoms with E-state index in [1.165, 1.54) is 5.56 Å². The third kappa shape index (κ3) is 5.32. The molecular formula is C25H34FN3O4. The summed E-state index contributed by atoms with van der Waals surface area (Å²) in [5, 5.41) is 17.3. The molecule has 1 aromatic rings. The number of halogens is 1. The molecule has 0 aromatic heterocycles. The van der Waals surface area contributed by atoms with Gasteiger partial charge in [-0.25, -0.2) is 9.18 Å². The van der Waals surface area contributed by atoms with E-state index in [2.05, 4.69) is 28.1 Å². The molecule has 180 valence electrons. The quantitative estimate of drug-likeness (QED) is 0.469. The van der Waals surface area contributed by atoms with Crippen molar-refractivity contribution in [3.8, 4) is 0 Å². The van der Waals surface area contributed by atoms with E-state index in [0.29, 0.717) is 11.9 Å². The van der Waals surface area contributed by atoms with Crippen molar-refractivity contribution in [2.24, 2.45) is 5.41 Å². The first-order valence-corrected chi connectivity index (χ1v) is 11.9. The molecule has 5 rings (SSSR count). The van der Waals surface area contributed by atoms with Gasteiger partial charge in [-0.1, -0.05) is 12.1 Å². The summed E-state index contributed by atoms with van der Waals surface area (Å²) in [6, 6.07) is 8.52. The number of fused-ring (bicyclic) bond motifs is 3. The van der Waals surface area contributed by atoms with Gasteiger partial charge in [0.15, 0.2) is 0 Å². The SMILES string of the molecule is O=C(O)NCC(=CF)CNc1ccc(C23CCC(C(=O)NC4CCOCC4)(CC2)CC3)cc1. The Morgan fingerprint density at radius 3 is 2.24 bits per heavy atom. The van der Waals surface area contributed by atoms with Gasteiger partial charge in [-0.3, -0.25) is 4.79 Å². The van der Waals surface area contributed by atoms with E-state index in [9.17, 15) is 14.0 Å². The fourth-order valence-corrected chi connectivity index (χ4v) is 5.63. The van der Waals surface area contributed by atoms with Crippen LogP contribution in [0.3, 0.4) is 0 Å². The van der Waals surface area contributed by atoms with Crippen molar-refractivity contribution < 1.29 is 23.8 Å². The highest BCUT2D eigenvalue weighted by Crippen LogP contribution is 2.58. The first-order valence-electron chi connectivity index (χ1n) is 11.9. The van der Waals surface area contributed by atoms with Gasteiger partial charge < -0.3 is 25.8 Å². The van der Waals surface area contributed by atoms with E-state index in [4.69, 9.17) is 9.84 Å². The van der Waals surface area contributed by atoms with Gasteiger partial charge in [-0.05, 0) is 80.1 Å². The molecule has 0 spiro atoms. The molecule has 8 heteroatoms. The first kappa shape index (κ1) is 23.5. The fourth-order valence-electron chi connectivity index (χ4n) is 5.63. The second kappa shape index (κ2) is 10.1. The Kier molecular flexibility index (Phi) is 7.22. The minimum Gasteiger partial charge on any atom is -0.465 e. The number of anilines is 1. The summed E-state index contributed by atoms with van der Waals surface area (Å²) in [4.78, 5) is 23.7. The first-order chi connectivity index (χ1) is 15.9. The number of carbonyl (C=O) groups excluding carboxylic acids is 1. The molecule has 2 amide bonds. The number of ether oxygens (including phenoxy) is 1. The molecule has 2 bridgehead atoms. The lowest BCUT2D eigenvalue weighted by molar-refractivity contribution is -0.139. The fraction of sp³-hybridized carbons (Fsp3) is 0.600. The van der Waals surface area contributed by atoms with Crippen LogP contribution in [0, 0.1) is 5.41 Å². The van der Waals surface area contributed by atoms with Gasteiger partial charge in [0.05, 0.1) is 6.33 Å². The number of amides is 2. The van der Waals surface area contributed by atoms with Crippen LogP contribution in [0.15, 0.2) is 36.2 Å². The summed E-state index contributed by atoms with van der Waals surface area (Å²) in [5.74, 6) is 0.247. The van der Waals surface area contributed by atoms with Gasteiger partial charge in [0, 0.05) is 43.4 Å². The van der Waals surface area contributed by atoms with E-state index < -0.39 is 6.09 Å². The van der Waals surface area contributed by atoms with Crippen LogP contribution in [0.5, 0.6) is 0 Å². The van der Waals surface area contributed by atoms with Crippen molar-refractivity contribution in [1.29, 1.82) is 0 Å². The lowest BCUT2D eigenvalue weighted by Crippen LogP contribution is -2.54. The van der Waals surface area contributed by atoms with E-state index in [1.54, 1.807) is 0 Å². The Labute approximate surface area is 194 Å². The average Bonchev–Trinajstić information content (AvgIpc) is 2.86. The number of carbonyl (C=O) groups is 2. The molecule has 0 atom stereocenters. The lowest BCUT2D eigenvalue weighted by Gasteiger charge is -2.53. The van der Waals surface area contributed by atoms with Crippen molar-refractivity contribution in [3.63, 3.8) is 0 Å². The Morgan fingerprint density at radius 2 is 1.67 bits per heavy atom. The number of hydrogen-bond donors (Lipinski definition) is 4. The Hall–Kier alpha value is -2.61. The topological polar surface area (TPSA) is 99.7 Å². The largest absolute Gasteiger partial charge is 0.465 e. The van der Waals surface area contributed by atoms with Gasteiger partial charge in [0.2, 0.25) is 5.91 Å². The number of benzene rings is 1. The predicted octanol–water partition coefficient (Wildman–Crippen LogP) is 4.11. The Morgan fingerprint density at radius 1 is 1.03 bits per heavy atom. The Bertz CT molecular complexity index is 856. The molecule has 4 aliphatic rings. The van der Waals surface area contributed by atoms with Crippen LogP contribution in [0.25, 0.3) is 0 Å². The van der Waals surface area contributed by atoms with Gasteiger partial charge >= 0.3 is 6.09 Å². The van der Waals surface area contributed by atoms with Crippen LogP contribution in [-0.2, 0) is 14.9 Å². The molecule has 1 saturated heterocycles. The summed E-state index contributed by atoms with van der Waals surface area (Å²) in [5.41, 5.74) is 2.42. The molecule has 4 fully saturated rings. The van der Waals surface area contributed by atoms with Crippen LogP contribution in [0.2, 0.25) is 0 Å². The zero-order valence-corrected chi connectivity index (χ0v) is 19.0. The molecule has 3 saturated carbocycles. The number of rotatable bonds is 8. The Balaban J connectivity index is 1.31. The number of carboxylic acid groups (broad SMARTS) is 1. The standard InChI is InChI=1S/C25H34FN3O4/c26-15-18(17-28-23(31)32)16-27-20-3-1-19(2-4-20)24-7-10-25(11-8-24,12-9-24)22(30)29-21-5-13-33-14-6-21/h1-4,15,21,27-28H,5-14,16-17H2,(H,29,30)(H,31,32). The molecule has 1 heterocycles. The van der Waals surface area contributed by atoms with Gasteiger partial charge in [-0.15, -0.1) is 0 Å². The van der Waals surface area contributed by atoms with Crippen LogP contribution < -0.4 is 16.0 Å². The summed E-state index contributed by atoms with van der Waals surface area (Å²) in [7, 11) is 0. The molecule has 0 unspecified atom stereocenters. The molecule has 33 heavy (non-hydrogen) atoms. The van der Waals surface area contributed by atoms with E-state index in [1.807, 2.05) is 12.1 Å². The molecule has 7 nitrogen and oxygen atoms in total. The van der Waals surface area contributed by atoms with E-state index >= 15 is 0 Å². The number of hydrogen-bond acceptors (Lipinski definition) is 4. The highest BCUT2D eigenvalue weighted by molar-refractivity contribution is 5.83. The highest BCUT2D eigenvalue weighted by atomic mass is 19.1. The minimum atomic E-state index is -1.18. The van der Waals surface area contributed by atoms with Gasteiger partial charge in [-0.2, -0.15) is 0 Å². The molecule has 1 aromatic carbocycles. The van der Waals surface area contributed by atoms with Crippen molar-refractivity contribution in [1.82, 2.24) is 10.6 Å². The van der Waals surface area contributed by atoms with Crippen LogP contribution in [0.4, 0.5) is 14.9 Å². The zero-order valence-electron chi connectivity index (χ0n) is 19.0. The van der Waals surface area contributed by atoms with Crippen molar-refractivity contribution in [2.75, 3.05) is 31.6 Å². The molecule has 1 aliphatic heterocycles. The second-order valence-electron chi connectivity index (χ2n) is 9.78. The summed E-state index contributed by atoms with van der Waals surface area (Å²) < 4.78 is 18.4. The van der Waals surface area contributed by atoms with Gasteiger partial charge in [0.25, 0.3) is 0 Å². The summed E-state index contributed by atoms with van der Waals surface area (Å²) >= 11 is 0. The average molecular weight is 460 g/mol. The maximum absolute atomic E-state index is 13.1. The monoisotopic (exact) mass is 459 g/mol. The predicted molar refractivity (Wildman–Crippen MR) is 124 cm³/mol. The zero-order chi connectivity index (χ0) is 23.3. The van der Waals surface area contributed by atoms with Crippen molar-refractivity contribution in [3.05, 3.63) is 41.7 Å². The molecule has 4 N–H and O–H groups in total. The highest BCUT2D eigenvalue weighted by Gasteiger charge is 2.53. The van der Waals surface area contributed by atoms with Crippen LogP contribution in [0.1, 0.15) is 56.9 Å². The lowest BCUT2D eigenvalue weighted by atomic mass is 9.51. The second-order valence-corrected chi connectivity index (χ2v) is 9.78. The number of nitrogens with one attached hydrogen (secondary N) is 3. The van der Waals surface area contributed by atoms with Gasteiger partial charge in [0.1, 0.15) is 0 Å². The third-order valence-electron chi connectivity index (χ3n) is 7.92. The summed E-state index contributed by atoms with van der Waals surface area (Å²) in [6.07, 6.45) is 6.95. The van der Waals surface area contributed by atoms with Crippen LogP contribution >= 0.6 is 0 Å². The molecule has 3 aliphatic carbocycles. The van der Waals surface area contributed by atoms with Crippen molar-refractivity contribution >= 4 is 17.7 Å². The molecule has 0 radical (unpaired) electrons. The van der Waals surface area contributed by atoms with E-state index in [-0.39, 0.29) is 35.9 Å². The van der Waals surface area contributed by atoms with E-state index in [0.717, 1.165) is 70.3 Å². The van der Waals surface area contributed by atoms with Crippen LogP contribution in [-0.4, -0.2) is 49.5 Å².